The van der Waals surface area contributed by atoms with Gasteiger partial charge in [-0.15, -0.1) is 0 Å². The molecule has 0 saturated heterocycles. The van der Waals surface area contributed by atoms with Gasteiger partial charge in [0.25, 0.3) is 0 Å². The molecule has 0 aliphatic rings. The number of hydrogen-bond donors (Lipinski definition) is 4. The second-order valence-electron chi connectivity index (χ2n) is 1.54. The van der Waals surface area contributed by atoms with Crippen LogP contribution in [-0.2, 0) is 17.1 Å². The minimum absolute atomic E-state index is 0. The average molecular weight is 212 g/mol. The van der Waals surface area contributed by atoms with Gasteiger partial charge in [0.2, 0.25) is 0 Å². The summed E-state index contributed by atoms with van der Waals surface area (Å²) in [6, 6.07) is 0. The average Bonchev–Trinajstić information content (AvgIpc) is 1.89. The van der Waals surface area contributed by atoms with Gasteiger partial charge in [-0.2, -0.15) is 0 Å². The summed E-state index contributed by atoms with van der Waals surface area (Å²) < 4.78 is 0. The van der Waals surface area contributed by atoms with E-state index < -0.39 is 0 Å². The first kappa shape index (κ1) is 16.7. The number of hydrogen-bond acceptors (Lipinski definition) is 4. The summed E-state index contributed by atoms with van der Waals surface area (Å²) in [6.45, 7) is 2.78. The van der Waals surface area contributed by atoms with Crippen molar-refractivity contribution in [3.8, 4) is 0 Å². The molecular weight excluding hydrogens is 200 g/mol. The van der Waals surface area contributed by atoms with Crippen LogP contribution < -0.4 is 0 Å². The predicted octanol–water partition coefficient (Wildman–Crippen LogP) is 1.92. The van der Waals surface area contributed by atoms with E-state index in [9.17, 15) is 0 Å². The zero-order valence-corrected chi connectivity index (χ0v) is 7.19. The molecule has 71 valence electrons. The topological polar surface area (TPSA) is 80.9 Å². The molecule has 11 heavy (non-hydrogen) atoms. The van der Waals surface area contributed by atoms with E-state index in [-0.39, 0.29) is 28.6 Å². The Kier molecular flexibility index (Phi) is 18.1. The van der Waals surface area contributed by atoms with E-state index in [1.54, 1.807) is 0 Å². The molecule has 0 aliphatic carbocycles. The van der Waals surface area contributed by atoms with Gasteiger partial charge in [0.1, 0.15) is 24.0 Å². The first-order valence-corrected chi connectivity index (χ1v) is 2.54. The van der Waals surface area contributed by atoms with E-state index in [1.165, 1.54) is 13.8 Å². The standard InChI is InChI=1S/2C3H6O2.Cu/c2*1-3(5)2-4;/h2*2,4-5H,1H3;. The molecule has 5 heteroatoms. The van der Waals surface area contributed by atoms with Crippen molar-refractivity contribution in [2.75, 3.05) is 0 Å². The van der Waals surface area contributed by atoms with Crippen LogP contribution in [0.3, 0.4) is 0 Å². The van der Waals surface area contributed by atoms with Crippen LogP contribution in [0.1, 0.15) is 13.8 Å². The van der Waals surface area contributed by atoms with Crippen LogP contribution in [0.2, 0.25) is 0 Å². The van der Waals surface area contributed by atoms with Crippen LogP contribution in [0, 0.1) is 0 Å². The van der Waals surface area contributed by atoms with Crippen LogP contribution >= 0.6 is 0 Å². The van der Waals surface area contributed by atoms with Gasteiger partial charge in [-0.25, -0.2) is 0 Å². The van der Waals surface area contributed by atoms with E-state index in [4.69, 9.17) is 20.4 Å². The Morgan fingerprint density at radius 3 is 1.00 bits per heavy atom. The number of allylic oxidation sites excluding steroid dienone is 2. The summed E-state index contributed by atoms with van der Waals surface area (Å²) >= 11 is 0. The third-order valence-electron chi connectivity index (χ3n) is 0.374. The Bertz CT molecular complexity index is 107. The molecular formula is C6H12CuO4. The van der Waals surface area contributed by atoms with E-state index in [1.807, 2.05) is 0 Å². The fourth-order valence-electron chi connectivity index (χ4n) is 0. The SMILES string of the molecule is CC(O)=CO.CC(O)=CO.[Cu]. The molecule has 0 aromatic heterocycles. The molecule has 0 amide bonds. The fourth-order valence-corrected chi connectivity index (χ4v) is 0. The summed E-state index contributed by atoms with van der Waals surface area (Å²) in [5, 5.41) is 31.4. The minimum atomic E-state index is -0.0648. The summed E-state index contributed by atoms with van der Waals surface area (Å²) in [5.41, 5.74) is 0. The van der Waals surface area contributed by atoms with Gasteiger partial charge in [-0.3, -0.25) is 0 Å². The van der Waals surface area contributed by atoms with Gasteiger partial charge in [-0.05, 0) is 13.8 Å². The Labute approximate surface area is 76.0 Å². The maximum Gasteiger partial charge on any atom is 0.123 e. The van der Waals surface area contributed by atoms with Gasteiger partial charge < -0.3 is 20.4 Å². The van der Waals surface area contributed by atoms with Crippen molar-refractivity contribution in [1.82, 2.24) is 0 Å². The maximum absolute atomic E-state index is 7.97. The smallest absolute Gasteiger partial charge is 0.123 e. The van der Waals surface area contributed by atoms with Crippen LogP contribution in [0.15, 0.2) is 24.0 Å². The molecule has 1 radical (unpaired) electrons. The molecule has 0 saturated carbocycles. The first-order valence-electron chi connectivity index (χ1n) is 2.54. The van der Waals surface area contributed by atoms with Crippen LogP contribution in [0.5, 0.6) is 0 Å². The normalized spacial score (nSPS) is 10.7. The molecule has 0 spiro atoms. The Morgan fingerprint density at radius 2 is 1.00 bits per heavy atom. The molecule has 0 fully saturated rings. The Balaban J connectivity index is -0.000000107. The summed E-state index contributed by atoms with van der Waals surface area (Å²) in [4.78, 5) is 0. The van der Waals surface area contributed by atoms with E-state index in [2.05, 4.69) is 0 Å². The van der Waals surface area contributed by atoms with E-state index >= 15 is 0 Å². The zero-order chi connectivity index (χ0) is 8.57. The third kappa shape index (κ3) is 46.6. The van der Waals surface area contributed by atoms with Crippen LogP contribution in [0.25, 0.3) is 0 Å². The van der Waals surface area contributed by atoms with Gasteiger partial charge in [0.05, 0.1) is 0 Å². The second kappa shape index (κ2) is 11.9. The fraction of sp³-hybridized carbons (Fsp3) is 0.333. The van der Waals surface area contributed by atoms with Crippen molar-refractivity contribution in [2.45, 2.75) is 13.8 Å². The Morgan fingerprint density at radius 1 is 0.909 bits per heavy atom. The Hall–Kier alpha value is -0.801. The van der Waals surface area contributed by atoms with Crippen molar-refractivity contribution >= 4 is 0 Å². The molecule has 0 rings (SSSR count). The third-order valence-corrected chi connectivity index (χ3v) is 0.374. The molecule has 0 aromatic carbocycles. The summed E-state index contributed by atoms with van der Waals surface area (Å²) in [6.07, 6.45) is 1.28. The molecule has 4 N–H and O–H groups in total. The van der Waals surface area contributed by atoms with Crippen molar-refractivity contribution in [3.63, 3.8) is 0 Å². The minimum Gasteiger partial charge on any atom is -0.512 e. The molecule has 4 nitrogen and oxygen atoms in total. The van der Waals surface area contributed by atoms with Crippen molar-refractivity contribution < 1.29 is 37.5 Å². The van der Waals surface area contributed by atoms with E-state index in [0.29, 0.717) is 12.5 Å². The largest absolute Gasteiger partial charge is 0.512 e. The van der Waals surface area contributed by atoms with Crippen molar-refractivity contribution in [1.29, 1.82) is 0 Å². The zero-order valence-electron chi connectivity index (χ0n) is 6.25. The maximum atomic E-state index is 7.97. The van der Waals surface area contributed by atoms with Gasteiger partial charge in [-0.1, -0.05) is 0 Å². The summed E-state index contributed by atoms with van der Waals surface area (Å²) in [5.74, 6) is -0.130. The molecule has 0 aromatic rings. The second-order valence-corrected chi connectivity index (χ2v) is 1.54. The quantitative estimate of drug-likeness (QED) is 0.365. The van der Waals surface area contributed by atoms with E-state index in [0.717, 1.165) is 0 Å². The van der Waals surface area contributed by atoms with Gasteiger partial charge in [0.15, 0.2) is 0 Å². The number of rotatable bonds is 0. The van der Waals surface area contributed by atoms with Crippen LogP contribution in [0.4, 0.5) is 0 Å². The predicted molar refractivity (Wildman–Crippen MR) is 38.0 cm³/mol. The van der Waals surface area contributed by atoms with Crippen molar-refractivity contribution in [2.24, 2.45) is 0 Å². The van der Waals surface area contributed by atoms with Gasteiger partial charge >= 0.3 is 0 Å². The van der Waals surface area contributed by atoms with Crippen LogP contribution in [-0.4, -0.2) is 20.4 Å². The van der Waals surface area contributed by atoms with Crippen molar-refractivity contribution in [3.05, 3.63) is 24.0 Å². The van der Waals surface area contributed by atoms with Gasteiger partial charge in [0, 0.05) is 17.1 Å². The number of aliphatic hydroxyl groups is 4. The molecule has 0 atom stereocenters. The molecule has 0 heterocycles. The molecule has 0 aliphatic heterocycles. The summed E-state index contributed by atoms with van der Waals surface area (Å²) in [7, 11) is 0. The molecule has 0 unspecified atom stereocenters. The molecule has 0 bridgehead atoms. The number of aliphatic hydroxyl groups excluding tert-OH is 4. The first-order chi connectivity index (χ1) is 4.54. The monoisotopic (exact) mass is 211 g/mol.